The maximum Gasteiger partial charge on any atom is 0.292 e. The van der Waals surface area contributed by atoms with Crippen LogP contribution in [-0.2, 0) is 10.0 Å². The molecule has 1 rings (SSSR count). The van der Waals surface area contributed by atoms with E-state index in [2.05, 4.69) is 0 Å². The molecule has 0 amide bonds. The normalized spacial score (nSPS) is 11.8. The minimum atomic E-state index is -3.65. The van der Waals surface area contributed by atoms with Crippen molar-refractivity contribution in [3.63, 3.8) is 0 Å². The lowest BCUT2D eigenvalue weighted by atomic mass is 10.2. The Bertz CT molecular complexity index is 586. The number of nitrogens with zero attached hydrogens (tertiary/aromatic N) is 2. The first-order valence-corrected chi connectivity index (χ1v) is 7.75. The van der Waals surface area contributed by atoms with E-state index in [4.69, 9.17) is 5.73 Å². The average molecular weight is 301 g/mol. The highest BCUT2D eigenvalue weighted by molar-refractivity contribution is 7.89. The molecule has 0 fully saturated rings. The summed E-state index contributed by atoms with van der Waals surface area (Å²) < 4.78 is 25.8. The van der Waals surface area contributed by atoms with Gasteiger partial charge in [-0.2, -0.15) is 0 Å². The molecule has 0 aliphatic carbocycles. The van der Waals surface area contributed by atoms with E-state index in [9.17, 15) is 18.5 Å². The Hall–Kier alpha value is -1.67. The second kappa shape index (κ2) is 6.67. The molecule has 8 heteroatoms. The third-order valence-electron chi connectivity index (χ3n) is 2.98. The van der Waals surface area contributed by atoms with E-state index < -0.39 is 14.9 Å². The molecule has 0 aromatic heterocycles. The summed E-state index contributed by atoms with van der Waals surface area (Å²) in [5, 5.41) is 10.7. The molecule has 0 saturated carbocycles. The number of hydrogen-bond acceptors (Lipinski definition) is 5. The Morgan fingerprint density at radius 2 is 2.00 bits per heavy atom. The van der Waals surface area contributed by atoms with Crippen molar-refractivity contribution in [2.45, 2.75) is 31.1 Å². The molecule has 0 atom stereocenters. The van der Waals surface area contributed by atoms with Crippen molar-refractivity contribution in [2.24, 2.45) is 0 Å². The number of nitrogen functional groups attached to an aromatic ring is 1. The summed E-state index contributed by atoms with van der Waals surface area (Å²) in [4.78, 5) is 9.99. The quantitative estimate of drug-likeness (QED) is 0.359. The van der Waals surface area contributed by atoms with Crippen LogP contribution in [0, 0.1) is 10.1 Å². The number of sulfonamides is 1. The number of nitro groups is 1. The lowest BCUT2D eigenvalue weighted by molar-refractivity contribution is -0.383. The Morgan fingerprint density at radius 1 is 1.35 bits per heavy atom. The maximum absolute atomic E-state index is 12.3. The van der Waals surface area contributed by atoms with E-state index in [1.165, 1.54) is 17.4 Å². The Kier molecular flexibility index (Phi) is 5.46. The van der Waals surface area contributed by atoms with Gasteiger partial charge in [0.15, 0.2) is 0 Å². The van der Waals surface area contributed by atoms with Gasteiger partial charge in [0.25, 0.3) is 5.69 Å². The molecule has 1 aromatic rings. The largest absolute Gasteiger partial charge is 0.393 e. The van der Waals surface area contributed by atoms with Crippen LogP contribution in [0.25, 0.3) is 0 Å². The SMILES string of the molecule is CCCCCN(C)S(=O)(=O)c1ccc([N+](=O)[O-])c(N)c1. The molecule has 0 aliphatic rings. The number of anilines is 1. The summed E-state index contributed by atoms with van der Waals surface area (Å²) in [6, 6.07) is 3.45. The molecule has 7 nitrogen and oxygen atoms in total. The molecule has 0 spiro atoms. The van der Waals surface area contributed by atoms with Gasteiger partial charge in [-0.05, 0) is 18.6 Å². The average Bonchev–Trinajstić information content (AvgIpc) is 2.38. The number of rotatable bonds is 7. The van der Waals surface area contributed by atoms with Crippen LogP contribution in [-0.4, -0.2) is 31.2 Å². The Morgan fingerprint density at radius 3 is 2.50 bits per heavy atom. The molecule has 112 valence electrons. The van der Waals surface area contributed by atoms with Gasteiger partial charge < -0.3 is 5.73 Å². The van der Waals surface area contributed by atoms with Crippen molar-refractivity contribution < 1.29 is 13.3 Å². The fourth-order valence-electron chi connectivity index (χ4n) is 1.74. The van der Waals surface area contributed by atoms with Crippen LogP contribution in [0.4, 0.5) is 11.4 Å². The van der Waals surface area contributed by atoms with Crippen LogP contribution >= 0.6 is 0 Å². The predicted molar refractivity (Wildman–Crippen MR) is 76.8 cm³/mol. The second-order valence-corrected chi connectivity index (χ2v) is 6.56. The molecule has 20 heavy (non-hydrogen) atoms. The maximum atomic E-state index is 12.3. The smallest absolute Gasteiger partial charge is 0.292 e. The van der Waals surface area contributed by atoms with Gasteiger partial charge in [-0.15, -0.1) is 0 Å². The van der Waals surface area contributed by atoms with E-state index in [1.807, 2.05) is 6.92 Å². The molecule has 0 bridgehead atoms. The zero-order valence-electron chi connectivity index (χ0n) is 11.6. The molecule has 0 saturated heterocycles. The molecular weight excluding hydrogens is 282 g/mol. The molecule has 0 radical (unpaired) electrons. The summed E-state index contributed by atoms with van der Waals surface area (Å²) in [5.41, 5.74) is 5.07. The molecule has 0 heterocycles. The topological polar surface area (TPSA) is 107 Å². The minimum absolute atomic E-state index is 0.0281. The molecule has 0 unspecified atom stereocenters. The van der Waals surface area contributed by atoms with Crippen LogP contribution in [0.5, 0.6) is 0 Å². The van der Waals surface area contributed by atoms with Crippen molar-refractivity contribution in [1.82, 2.24) is 4.31 Å². The van der Waals surface area contributed by atoms with Gasteiger partial charge >= 0.3 is 0 Å². The van der Waals surface area contributed by atoms with Gasteiger partial charge in [0, 0.05) is 19.7 Å². The first-order chi connectivity index (χ1) is 9.30. The van der Waals surface area contributed by atoms with Crippen LogP contribution in [0.15, 0.2) is 23.1 Å². The number of nitro benzene ring substituents is 1. The zero-order valence-corrected chi connectivity index (χ0v) is 12.4. The van der Waals surface area contributed by atoms with Crippen LogP contribution in [0.2, 0.25) is 0 Å². The lowest BCUT2D eigenvalue weighted by Crippen LogP contribution is -2.28. The van der Waals surface area contributed by atoms with Crippen LogP contribution < -0.4 is 5.73 Å². The van der Waals surface area contributed by atoms with Gasteiger partial charge in [0.2, 0.25) is 10.0 Å². The van der Waals surface area contributed by atoms with Crippen molar-refractivity contribution in [1.29, 1.82) is 0 Å². The van der Waals surface area contributed by atoms with E-state index in [0.29, 0.717) is 6.54 Å². The third kappa shape index (κ3) is 3.67. The monoisotopic (exact) mass is 301 g/mol. The van der Waals surface area contributed by atoms with Crippen LogP contribution in [0.1, 0.15) is 26.2 Å². The fraction of sp³-hybridized carbons (Fsp3) is 0.500. The summed E-state index contributed by atoms with van der Waals surface area (Å²) >= 11 is 0. The van der Waals surface area contributed by atoms with Gasteiger partial charge in [-0.1, -0.05) is 19.8 Å². The summed E-state index contributed by atoms with van der Waals surface area (Å²) in [6.45, 7) is 2.44. The minimum Gasteiger partial charge on any atom is -0.393 e. The van der Waals surface area contributed by atoms with Crippen LogP contribution in [0.3, 0.4) is 0 Å². The van der Waals surface area contributed by atoms with E-state index in [-0.39, 0.29) is 16.3 Å². The zero-order chi connectivity index (χ0) is 15.3. The van der Waals surface area contributed by atoms with Crippen molar-refractivity contribution in [3.05, 3.63) is 28.3 Å². The summed E-state index contributed by atoms with van der Waals surface area (Å²) in [7, 11) is -2.16. The number of hydrogen-bond donors (Lipinski definition) is 1. The Labute approximate surface area is 118 Å². The number of nitrogens with two attached hydrogens (primary N) is 1. The summed E-state index contributed by atoms with van der Waals surface area (Å²) in [6.07, 6.45) is 2.72. The number of unbranched alkanes of at least 4 members (excludes halogenated alkanes) is 2. The molecule has 1 aromatic carbocycles. The number of benzene rings is 1. The lowest BCUT2D eigenvalue weighted by Gasteiger charge is -2.17. The third-order valence-corrected chi connectivity index (χ3v) is 4.83. The van der Waals surface area contributed by atoms with Gasteiger partial charge in [0.05, 0.1) is 9.82 Å². The second-order valence-electron chi connectivity index (χ2n) is 4.51. The van der Waals surface area contributed by atoms with Crippen molar-refractivity contribution in [3.8, 4) is 0 Å². The van der Waals surface area contributed by atoms with Gasteiger partial charge in [-0.3, -0.25) is 10.1 Å². The predicted octanol–water partition coefficient (Wildman–Crippen LogP) is 1.99. The molecular formula is C12H19N3O4S. The standard InChI is InChI=1S/C12H19N3O4S/c1-3-4-5-8-14(2)20(18,19)10-6-7-12(15(16)17)11(13)9-10/h6-7,9H,3-5,8,13H2,1-2H3. The highest BCUT2D eigenvalue weighted by atomic mass is 32.2. The first-order valence-electron chi connectivity index (χ1n) is 6.31. The fourth-order valence-corrected chi connectivity index (χ4v) is 2.99. The van der Waals surface area contributed by atoms with Crippen molar-refractivity contribution >= 4 is 21.4 Å². The highest BCUT2D eigenvalue weighted by Gasteiger charge is 2.23. The van der Waals surface area contributed by atoms with E-state index in [0.717, 1.165) is 31.4 Å². The summed E-state index contributed by atoms with van der Waals surface area (Å²) in [5.74, 6) is 0. The van der Waals surface area contributed by atoms with Crippen molar-refractivity contribution in [2.75, 3.05) is 19.3 Å². The molecule has 2 N–H and O–H groups in total. The van der Waals surface area contributed by atoms with E-state index >= 15 is 0 Å². The highest BCUT2D eigenvalue weighted by Crippen LogP contribution is 2.25. The first kappa shape index (κ1) is 16.4. The molecule has 0 aliphatic heterocycles. The van der Waals surface area contributed by atoms with Gasteiger partial charge in [-0.25, -0.2) is 12.7 Å². The van der Waals surface area contributed by atoms with Gasteiger partial charge in [0.1, 0.15) is 5.69 Å². The van der Waals surface area contributed by atoms with E-state index in [1.54, 1.807) is 0 Å². The Balaban J connectivity index is 2.98.